The lowest BCUT2D eigenvalue weighted by molar-refractivity contribution is -0.143. The number of aliphatic hydroxyl groups is 3. The first kappa shape index (κ1) is 110. The maximum atomic E-state index is 15.2. The van der Waals surface area contributed by atoms with E-state index < -0.39 is 164 Å². The molecular weight excluding hydrogens is 1730 g/mol. The molecule has 11 amide bonds. The summed E-state index contributed by atoms with van der Waals surface area (Å²) < 4.78 is 21.7. The van der Waals surface area contributed by atoms with Crippen molar-refractivity contribution < 1.29 is 111 Å². The number of aromatic nitrogens is 5. The summed E-state index contributed by atoms with van der Waals surface area (Å²) in [4.78, 5) is 215. The van der Waals surface area contributed by atoms with Crippen molar-refractivity contribution in [2.45, 2.75) is 286 Å². The van der Waals surface area contributed by atoms with E-state index in [9.17, 15) is 87.5 Å². The molecule has 6 rings (SSSR count). The van der Waals surface area contributed by atoms with Crippen LogP contribution in [0.4, 0.5) is 0 Å². The molecule has 0 bridgehead atoms. The highest BCUT2D eigenvalue weighted by Gasteiger charge is 2.44. The molecule has 2 aliphatic rings. The van der Waals surface area contributed by atoms with E-state index in [-0.39, 0.29) is 173 Å². The molecule has 42 heteroatoms. The van der Waals surface area contributed by atoms with Crippen LogP contribution in [0.5, 0.6) is 0 Å². The molecule has 2 aromatic heterocycles. The highest BCUT2D eigenvalue weighted by molar-refractivity contribution is 6.00. The number of H-pyrrole nitrogens is 2. The fourth-order valence-electron chi connectivity index (χ4n) is 15.5. The van der Waals surface area contributed by atoms with Crippen molar-refractivity contribution in [2.75, 3.05) is 92.2 Å². The van der Waals surface area contributed by atoms with Gasteiger partial charge in [-0.15, -0.1) is 10.2 Å². The van der Waals surface area contributed by atoms with Gasteiger partial charge in [0.25, 0.3) is 0 Å². The average molecular weight is 1870 g/mol. The lowest BCUT2D eigenvalue weighted by Crippen LogP contribution is -2.61. The van der Waals surface area contributed by atoms with Crippen molar-refractivity contribution in [1.29, 1.82) is 0 Å². The van der Waals surface area contributed by atoms with Gasteiger partial charge in [-0.05, 0) is 81.9 Å². The Balaban J connectivity index is 0.941. The zero-order valence-corrected chi connectivity index (χ0v) is 76.8. The Morgan fingerprint density at radius 3 is 1.83 bits per heavy atom. The fraction of sp³-hybridized carbons (Fsp3) is 0.659. The minimum Gasteiger partial charge on any atom is -0.481 e. The summed E-state index contributed by atoms with van der Waals surface area (Å²) in [5.41, 5.74) is 13.2. The topological polar surface area (TPSA) is 632 Å². The van der Waals surface area contributed by atoms with Crippen molar-refractivity contribution in [2.24, 2.45) is 22.4 Å². The molecule has 0 spiro atoms. The van der Waals surface area contributed by atoms with Crippen LogP contribution in [0.25, 0.3) is 10.9 Å². The number of guanidine groups is 1. The molecule has 2 fully saturated rings. The second-order valence-electron chi connectivity index (χ2n) is 33.7. The number of carbonyl (C=O) groups excluding carboxylic acids is 14. The number of aromatic amines is 2. The molecule has 0 aliphatic carbocycles. The number of hydrogen-bond acceptors (Lipinski definition) is 26. The van der Waals surface area contributed by atoms with Crippen LogP contribution < -0.4 is 64.6 Å². The lowest BCUT2D eigenvalue weighted by Gasteiger charge is -2.31. The van der Waals surface area contributed by atoms with Crippen LogP contribution in [0.2, 0.25) is 0 Å². The number of aliphatic carboxylic acids is 1. The number of tetrazole rings is 1. The van der Waals surface area contributed by atoms with Gasteiger partial charge >= 0.3 is 5.97 Å². The summed E-state index contributed by atoms with van der Waals surface area (Å²) in [6.07, 6.45) is 16.3. The number of carboxylic acid groups (broad SMARTS) is 1. The van der Waals surface area contributed by atoms with Crippen molar-refractivity contribution >= 4 is 105 Å². The van der Waals surface area contributed by atoms with Crippen LogP contribution in [-0.2, 0) is 110 Å². The normalized spacial score (nSPS) is 18.8. The van der Waals surface area contributed by atoms with Gasteiger partial charge in [-0.2, -0.15) is 5.21 Å². The summed E-state index contributed by atoms with van der Waals surface area (Å²) in [6.45, 7) is -0.0273. The molecule has 738 valence electrons. The van der Waals surface area contributed by atoms with E-state index in [1.165, 1.54) is 51.9 Å². The van der Waals surface area contributed by atoms with Gasteiger partial charge in [-0.1, -0.05) is 157 Å². The van der Waals surface area contributed by atoms with Gasteiger partial charge in [0, 0.05) is 107 Å². The molecule has 0 saturated carbocycles. The minimum atomic E-state index is -1.80. The lowest BCUT2D eigenvalue weighted by atomic mass is 9.93. The molecular formula is C91H141N19O23. The van der Waals surface area contributed by atoms with Crippen LogP contribution in [0, 0.1) is 5.92 Å². The SMILES string of the molecule is CCCC[C@H](NC(=O)[C@H](CO)NC(=O)[C@H](CO)NC(=O)COCCOCCNC(=O)COCCOCCNC(=O)[C@@H](CCC(=O)O)CC(=O)CCCCCCCCCCCCCCCc1nn[nH]n1)C(=O)N[C@H]1CCC(=O)CCCCC[C@@H](C(C)=O)NC(=O)[C@H](Cc2c[nH]c3ccccc23)NC(=O)[C@H](CCCN=C(N)N)NC(=O)[C@@H](Cc2ccccc2)NC(=O)[C@@H]2C[C@@H](O)CN2C1=O. The van der Waals surface area contributed by atoms with E-state index >= 15 is 4.79 Å². The number of para-hydroxylation sites is 1. The summed E-state index contributed by atoms with van der Waals surface area (Å²) in [6, 6.07) is 2.44. The Bertz CT molecular complexity index is 4290. The number of aliphatic imine (C=N–C) groups is 1. The Morgan fingerprint density at radius 1 is 0.594 bits per heavy atom. The van der Waals surface area contributed by atoms with Crippen LogP contribution in [0.3, 0.4) is 0 Å². The smallest absolute Gasteiger partial charge is 0.303 e. The van der Waals surface area contributed by atoms with Gasteiger partial charge in [0.15, 0.2) is 17.6 Å². The predicted octanol–water partition coefficient (Wildman–Crippen LogP) is 0.880. The number of unbranched alkanes of at least 4 members (excludes halogenated alkanes) is 13. The number of ether oxygens (including phenoxy) is 4. The summed E-state index contributed by atoms with van der Waals surface area (Å²) in [5, 5.41) is 82.2. The van der Waals surface area contributed by atoms with Gasteiger partial charge in [0.05, 0.1) is 65.0 Å². The van der Waals surface area contributed by atoms with E-state index in [2.05, 4.69) is 83.8 Å². The number of carbonyl (C=O) groups is 15. The Morgan fingerprint density at radius 2 is 1.19 bits per heavy atom. The maximum absolute atomic E-state index is 15.2. The van der Waals surface area contributed by atoms with Gasteiger partial charge in [0.1, 0.15) is 73.1 Å². The van der Waals surface area contributed by atoms with E-state index in [0.29, 0.717) is 49.7 Å². The number of fused-ring (bicyclic) bond motifs is 2. The Hall–Kier alpha value is -11.3. The number of nitrogens with two attached hydrogens (primary N) is 2. The predicted molar refractivity (Wildman–Crippen MR) is 487 cm³/mol. The molecule has 4 aromatic rings. The first-order valence-corrected chi connectivity index (χ1v) is 46.8. The van der Waals surface area contributed by atoms with Gasteiger partial charge in [-0.3, -0.25) is 76.9 Å². The van der Waals surface area contributed by atoms with E-state index in [4.69, 9.17) is 30.4 Å². The first-order valence-electron chi connectivity index (χ1n) is 46.8. The number of nitrogens with zero attached hydrogens (tertiary/aromatic N) is 5. The zero-order chi connectivity index (χ0) is 96.5. The number of aliphatic hydroxyl groups excluding tert-OH is 3. The van der Waals surface area contributed by atoms with Crippen LogP contribution in [0.1, 0.15) is 223 Å². The molecule has 4 heterocycles. The molecule has 2 saturated heterocycles. The third kappa shape index (κ3) is 43.9. The number of carboxylic acids is 1. The molecule has 2 aromatic carbocycles. The van der Waals surface area contributed by atoms with Gasteiger partial charge < -0.3 is 114 Å². The van der Waals surface area contributed by atoms with Gasteiger partial charge in [0.2, 0.25) is 65.0 Å². The average Bonchev–Trinajstić information content (AvgIpc) is 1.67. The number of rotatable bonds is 59. The Kier molecular flexibility index (Phi) is 52.9. The minimum absolute atomic E-state index is 0.0175. The monoisotopic (exact) mass is 1870 g/mol. The number of benzene rings is 2. The summed E-state index contributed by atoms with van der Waals surface area (Å²) in [5.74, 6) is -11.4. The van der Waals surface area contributed by atoms with Crippen LogP contribution >= 0.6 is 0 Å². The molecule has 2 aliphatic heterocycles. The van der Waals surface area contributed by atoms with E-state index in [1.807, 2.05) is 24.3 Å². The second kappa shape index (κ2) is 63.7. The van der Waals surface area contributed by atoms with E-state index in [1.54, 1.807) is 43.5 Å². The Labute approximate surface area is 775 Å². The number of hydrogen-bond donors (Lipinski definition) is 18. The first-order chi connectivity index (χ1) is 64.2. The number of amides is 11. The van der Waals surface area contributed by atoms with Crippen molar-refractivity contribution in [1.82, 2.24) is 83.7 Å². The quantitative estimate of drug-likeness (QED) is 0.0166. The number of aryl methyl sites for hydroxylation is 1. The van der Waals surface area contributed by atoms with Gasteiger partial charge in [-0.25, -0.2) is 0 Å². The van der Waals surface area contributed by atoms with Crippen molar-refractivity contribution in [3.05, 3.63) is 77.7 Å². The van der Waals surface area contributed by atoms with Crippen molar-refractivity contribution in [3.63, 3.8) is 0 Å². The number of Topliss-reactive ketones (excluding diaryl/α,β-unsaturated/α-hetero) is 3. The number of ketones is 3. The maximum Gasteiger partial charge on any atom is 0.303 e. The standard InChI is InChI=1S/C91H141N19O23/c1-3-4-32-70(101-88(127)76(57-112)105-87(126)75(56-111)98-80(118)59-133-49-47-130-44-42-94-79(117)58-132-48-46-131-45-43-95-82(121)62(37-40-81(119)120)51-65(115)30-20-14-12-10-8-6-5-7-9-11-13-15-23-36-78-106-108-109-107-78)83(122)102-72-39-38-64(114)29-21-17-22-33-68(60(2)113)99-86(125)74(52-63-54-97-69-34-25-24-31-67(63)69)103-84(123)71(35-26-41-96-91(92)93)100-85(124)73(50-61-27-18-16-19-28-61)104-89(128)77-53-66(116)55-110(77)90(72)129/h16,18-19,24-25,27-28,31,34,54,62,66,68,70-77,97,111-112,116H,3-15,17,20-23,26,29-30,32-33,35-53,55-59H2,1-2H3,(H,94,117)(H,95,121)(H,98,118)(H,99,125)(H,100,124)(H,101,127)(H,102,122)(H,103,123)(H,104,128)(H,105,126)(H,119,120)(H4,92,93,96)(H,106,107,108,109)/t62-,66+,68-,70-,71-,72-,73+,74-,75-,76-,77-/m0/s1. The largest absolute Gasteiger partial charge is 0.481 e. The molecule has 133 heavy (non-hydrogen) atoms. The highest BCUT2D eigenvalue weighted by Crippen LogP contribution is 2.25. The molecule has 11 atom stereocenters. The van der Waals surface area contributed by atoms with Crippen LogP contribution in [-0.4, -0.2) is 298 Å². The summed E-state index contributed by atoms with van der Waals surface area (Å²) >= 11 is 0. The zero-order valence-electron chi connectivity index (χ0n) is 76.8. The molecule has 0 radical (unpaired) electrons. The highest BCUT2D eigenvalue weighted by atomic mass is 16.5. The van der Waals surface area contributed by atoms with Crippen molar-refractivity contribution in [3.8, 4) is 0 Å². The number of nitrogens with one attached hydrogen (secondary N) is 12. The molecule has 42 nitrogen and oxygen atoms in total. The molecule has 20 N–H and O–H groups in total. The third-order valence-corrected chi connectivity index (χ3v) is 22.9. The fourth-order valence-corrected chi connectivity index (χ4v) is 15.5. The van der Waals surface area contributed by atoms with Crippen LogP contribution in [0.15, 0.2) is 65.8 Å². The second-order valence-corrected chi connectivity index (χ2v) is 33.7. The molecule has 0 unspecified atom stereocenters. The third-order valence-electron chi connectivity index (χ3n) is 22.9. The summed E-state index contributed by atoms with van der Waals surface area (Å²) in [7, 11) is 0. The van der Waals surface area contributed by atoms with E-state index in [0.717, 1.165) is 66.6 Å².